The van der Waals surface area contributed by atoms with Crippen LogP contribution in [0.15, 0.2) is 6.20 Å². The summed E-state index contributed by atoms with van der Waals surface area (Å²) in [5, 5.41) is 8.70. The van der Waals surface area contributed by atoms with Crippen LogP contribution < -0.4 is 0 Å². The quantitative estimate of drug-likeness (QED) is 0.671. The summed E-state index contributed by atoms with van der Waals surface area (Å²) in [5.74, 6) is 0.217. The third-order valence-corrected chi connectivity index (χ3v) is 2.69. The summed E-state index contributed by atoms with van der Waals surface area (Å²) < 4.78 is 5.65. The van der Waals surface area contributed by atoms with Gasteiger partial charge in [0.25, 0.3) is 0 Å². The van der Waals surface area contributed by atoms with Crippen LogP contribution in [0, 0.1) is 11.3 Å². The van der Waals surface area contributed by atoms with Gasteiger partial charge in [-0.25, -0.2) is 9.97 Å². The van der Waals surface area contributed by atoms with Crippen LogP contribution in [0.4, 0.5) is 0 Å². The lowest BCUT2D eigenvalue weighted by atomic mass is 9.98. The minimum absolute atomic E-state index is 0.217. The van der Waals surface area contributed by atoms with Crippen molar-refractivity contribution in [3.05, 3.63) is 23.3 Å². The molecule has 4 nitrogen and oxygen atoms in total. The Bertz CT molecular complexity index is 410. The predicted octanol–water partition coefficient (Wildman–Crippen LogP) is 1.50. The van der Waals surface area contributed by atoms with Gasteiger partial charge >= 0.3 is 0 Å². The lowest BCUT2D eigenvalue weighted by molar-refractivity contribution is -0.0282. The molecule has 0 aliphatic carbocycles. The first-order valence-corrected chi connectivity index (χ1v) is 4.60. The fraction of sp³-hybridized carbons (Fsp3) is 0.500. The molecule has 0 radical (unpaired) electrons. The number of nitrogens with zero attached hydrogens (tertiary/aromatic N) is 3. The number of fused-ring (bicyclic) bond motifs is 1. The Hall–Kier alpha value is -1.47. The van der Waals surface area contributed by atoms with Crippen LogP contribution in [0.2, 0.25) is 0 Å². The zero-order valence-corrected chi connectivity index (χ0v) is 8.24. The second-order valence-electron chi connectivity index (χ2n) is 3.55. The molecular weight excluding hydrogens is 178 g/mol. The molecule has 1 atom stereocenters. The summed E-state index contributed by atoms with van der Waals surface area (Å²) in [6, 6.07) is 1.94. The van der Waals surface area contributed by atoms with Gasteiger partial charge in [0.1, 0.15) is 11.7 Å². The average molecular weight is 189 g/mol. The van der Waals surface area contributed by atoms with Crippen LogP contribution >= 0.6 is 0 Å². The molecule has 1 aliphatic rings. The van der Waals surface area contributed by atoms with Gasteiger partial charge in [-0.3, -0.25) is 0 Å². The van der Waals surface area contributed by atoms with Gasteiger partial charge in [0.05, 0.1) is 12.3 Å². The highest BCUT2D eigenvalue weighted by Gasteiger charge is 2.36. The van der Waals surface area contributed by atoms with E-state index >= 15 is 0 Å². The van der Waals surface area contributed by atoms with E-state index in [1.54, 1.807) is 6.20 Å². The van der Waals surface area contributed by atoms with Crippen molar-refractivity contribution in [3.63, 3.8) is 0 Å². The fourth-order valence-electron chi connectivity index (χ4n) is 1.60. The summed E-state index contributed by atoms with van der Waals surface area (Å²) in [6.45, 7) is 4.58. The zero-order valence-electron chi connectivity index (χ0n) is 8.24. The summed E-state index contributed by atoms with van der Waals surface area (Å²) in [5.41, 5.74) is 1.52. The van der Waals surface area contributed by atoms with Crippen molar-refractivity contribution >= 4 is 0 Å². The summed E-state index contributed by atoms with van der Waals surface area (Å²) in [4.78, 5) is 8.12. The number of nitriles is 1. The van der Waals surface area contributed by atoms with Crippen LogP contribution in [0.1, 0.15) is 37.4 Å². The monoisotopic (exact) mass is 189 g/mol. The van der Waals surface area contributed by atoms with Gasteiger partial charge in [-0.2, -0.15) is 5.26 Å². The van der Waals surface area contributed by atoms with Gasteiger partial charge in [0.2, 0.25) is 5.82 Å². The van der Waals surface area contributed by atoms with E-state index in [1.165, 1.54) is 0 Å². The van der Waals surface area contributed by atoms with Crippen molar-refractivity contribution in [2.24, 2.45) is 0 Å². The molecule has 0 fully saturated rings. The maximum absolute atomic E-state index is 8.70. The number of hydrogen-bond donors (Lipinski definition) is 0. The molecule has 1 aromatic heterocycles. The molecule has 2 heterocycles. The topological polar surface area (TPSA) is 58.8 Å². The van der Waals surface area contributed by atoms with E-state index in [2.05, 4.69) is 9.97 Å². The Morgan fingerprint density at radius 2 is 2.50 bits per heavy atom. The molecule has 1 aromatic rings. The van der Waals surface area contributed by atoms with Crippen LogP contribution in [-0.4, -0.2) is 9.97 Å². The highest BCUT2D eigenvalue weighted by atomic mass is 16.5. The van der Waals surface area contributed by atoms with E-state index < -0.39 is 0 Å². The molecular formula is C10H11N3O. The standard InChI is InChI=1S/C10H11N3O/c1-3-10(2)9-7(6-14-10)5-12-8(4-11)13-9/h5H,3,6H2,1-2H3. The summed E-state index contributed by atoms with van der Waals surface area (Å²) in [6.07, 6.45) is 2.53. The average Bonchev–Trinajstić information content (AvgIpc) is 2.57. The minimum atomic E-state index is -0.343. The number of hydrogen-bond acceptors (Lipinski definition) is 4. The summed E-state index contributed by atoms with van der Waals surface area (Å²) in [7, 11) is 0. The van der Waals surface area contributed by atoms with Gasteiger partial charge in [0.15, 0.2) is 0 Å². The molecule has 2 rings (SSSR count). The maximum atomic E-state index is 8.70. The number of ether oxygens (including phenoxy) is 1. The second-order valence-corrected chi connectivity index (χ2v) is 3.55. The van der Waals surface area contributed by atoms with Crippen molar-refractivity contribution in [3.8, 4) is 6.07 Å². The molecule has 0 saturated carbocycles. The normalized spacial score (nSPS) is 24.4. The molecule has 0 bridgehead atoms. The molecule has 0 saturated heterocycles. The second kappa shape index (κ2) is 3.03. The Kier molecular flexibility index (Phi) is 1.97. The van der Waals surface area contributed by atoms with Gasteiger partial charge in [-0.1, -0.05) is 6.92 Å². The van der Waals surface area contributed by atoms with E-state index in [1.807, 2.05) is 19.9 Å². The van der Waals surface area contributed by atoms with E-state index in [4.69, 9.17) is 10.00 Å². The molecule has 4 heteroatoms. The minimum Gasteiger partial charge on any atom is -0.364 e. The first kappa shape index (κ1) is 9.10. The van der Waals surface area contributed by atoms with Crippen LogP contribution in [-0.2, 0) is 16.9 Å². The maximum Gasteiger partial charge on any atom is 0.232 e. The van der Waals surface area contributed by atoms with E-state index in [9.17, 15) is 0 Å². The summed E-state index contributed by atoms with van der Waals surface area (Å²) >= 11 is 0. The third-order valence-electron chi connectivity index (χ3n) is 2.69. The van der Waals surface area contributed by atoms with Crippen molar-refractivity contribution in [2.75, 3.05) is 0 Å². The van der Waals surface area contributed by atoms with Gasteiger partial charge in [-0.15, -0.1) is 0 Å². The molecule has 0 amide bonds. The lowest BCUT2D eigenvalue weighted by Gasteiger charge is -2.21. The third kappa shape index (κ3) is 1.17. The van der Waals surface area contributed by atoms with Gasteiger partial charge in [0, 0.05) is 11.8 Å². The Morgan fingerprint density at radius 3 is 3.14 bits per heavy atom. The van der Waals surface area contributed by atoms with Crippen LogP contribution in [0.25, 0.3) is 0 Å². The molecule has 1 unspecified atom stereocenters. The van der Waals surface area contributed by atoms with Crippen molar-refractivity contribution in [1.29, 1.82) is 5.26 Å². The molecule has 72 valence electrons. The predicted molar refractivity (Wildman–Crippen MR) is 49.2 cm³/mol. The lowest BCUT2D eigenvalue weighted by Crippen LogP contribution is -2.21. The highest BCUT2D eigenvalue weighted by molar-refractivity contribution is 5.29. The van der Waals surface area contributed by atoms with Crippen LogP contribution in [0.3, 0.4) is 0 Å². The largest absolute Gasteiger partial charge is 0.364 e. The van der Waals surface area contributed by atoms with Crippen molar-refractivity contribution < 1.29 is 4.74 Å². The highest BCUT2D eigenvalue weighted by Crippen LogP contribution is 2.36. The number of rotatable bonds is 1. The molecule has 0 aromatic carbocycles. The first-order chi connectivity index (χ1) is 6.69. The molecule has 0 N–H and O–H groups in total. The SMILES string of the molecule is CCC1(C)OCc2cnc(C#N)nc21. The Labute approximate surface area is 82.6 Å². The molecule has 0 spiro atoms. The van der Waals surface area contributed by atoms with E-state index in [-0.39, 0.29) is 11.4 Å². The molecule has 1 aliphatic heterocycles. The fourth-order valence-corrected chi connectivity index (χ4v) is 1.60. The Balaban J connectivity index is 2.53. The smallest absolute Gasteiger partial charge is 0.232 e. The van der Waals surface area contributed by atoms with Crippen LogP contribution in [0.5, 0.6) is 0 Å². The zero-order chi connectivity index (χ0) is 10.2. The van der Waals surface area contributed by atoms with Gasteiger partial charge in [-0.05, 0) is 13.3 Å². The van der Waals surface area contributed by atoms with Gasteiger partial charge < -0.3 is 4.74 Å². The molecule has 14 heavy (non-hydrogen) atoms. The van der Waals surface area contributed by atoms with Crippen molar-refractivity contribution in [2.45, 2.75) is 32.5 Å². The Morgan fingerprint density at radius 1 is 1.71 bits per heavy atom. The first-order valence-electron chi connectivity index (χ1n) is 4.60. The van der Waals surface area contributed by atoms with Crippen molar-refractivity contribution in [1.82, 2.24) is 9.97 Å². The number of aromatic nitrogens is 2. The van der Waals surface area contributed by atoms with E-state index in [0.29, 0.717) is 6.61 Å². The van der Waals surface area contributed by atoms with E-state index in [0.717, 1.165) is 17.7 Å².